The van der Waals surface area contributed by atoms with Gasteiger partial charge in [-0.15, -0.1) is 0 Å². The van der Waals surface area contributed by atoms with E-state index in [2.05, 4.69) is 29.7 Å². The molecule has 4 nitrogen and oxygen atoms in total. The van der Waals surface area contributed by atoms with Crippen LogP contribution in [0.4, 0.5) is 0 Å². The monoisotopic (exact) mass is 276 g/mol. The first kappa shape index (κ1) is 15.0. The first-order valence-corrected chi connectivity index (χ1v) is 7.15. The summed E-state index contributed by atoms with van der Waals surface area (Å²) in [7, 11) is 1.65. The molecule has 0 aromatic heterocycles. The molecule has 0 aliphatic carbocycles. The zero-order valence-electron chi connectivity index (χ0n) is 12.5. The van der Waals surface area contributed by atoms with Crippen LogP contribution >= 0.6 is 0 Å². The van der Waals surface area contributed by atoms with Crippen molar-refractivity contribution in [3.8, 4) is 0 Å². The van der Waals surface area contributed by atoms with Gasteiger partial charge in [0.25, 0.3) is 0 Å². The van der Waals surface area contributed by atoms with Gasteiger partial charge >= 0.3 is 0 Å². The van der Waals surface area contributed by atoms with Crippen molar-refractivity contribution in [1.82, 2.24) is 10.6 Å². The molecule has 1 aliphatic heterocycles. The zero-order chi connectivity index (χ0) is 14.6. The maximum Gasteiger partial charge on any atom is 0.230 e. The highest BCUT2D eigenvalue weighted by Crippen LogP contribution is 2.28. The van der Waals surface area contributed by atoms with E-state index in [1.807, 2.05) is 19.1 Å². The summed E-state index contributed by atoms with van der Waals surface area (Å²) in [5, 5.41) is 6.41. The van der Waals surface area contributed by atoms with Crippen LogP contribution in [0.3, 0.4) is 0 Å². The summed E-state index contributed by atoms with van der Waals surface area (Å²) in [5.74, 6) is 0.0834. The normalized spacial score (nSPS) is 23.6. The third kappa shape index (κ3) is 3.02. The van der Waals surface area contributed by atoms with Gasteiger partial charge in [0.1, 0.15) is 0 Å². The van der Waals surface area contributed by atoms with Crippen LogP contribution in [0.5, 0.6) is 0 Å². The number of nitrogens with one attached hydrogen (secondary N) is 2. The minimum absolute atomic E-state index is 0.0121. The Morgan fingerprint density at radius 1 is 1.50 bits per heavy atom. The second-order valence-corrected chi connectivity index (χ2v) is 5.69. The molecule has 1 aromatic carbocycles. The van der Waals surface area contributed by atoms with E-state index in [1.54, 1.807) is 7.11 Å². The van der Waals surface area contributed by atoms with Crippen LogP contribution in [0.2, 0.25) is 0 Å². The lowest BCUT2D eigenvalue weighted by Crippen LogP contribution is -2.46. The Balaban J connectivity index is 2.08. The molecule has 1 heterocycles. The van der Waals surface area contributed by atoms with Gasteiger partial charge in [-0.3, -0.25) is 4.79 Å². The Bertz CT molecular complexity index is 467. The second kappa shape index (κ2) is 6.37. The third-order valence-corrected chi connectivity index (χ3v) is 4.15. The second-order valence-electron chi connectivity index (χ2n) is 5.69. The molecule has 0 saturated carbocycles. The van der Waals surface area contributed by atoms with Crippen LogP contribution in [0.15, 0.2) is 24.3 Å². The number of hydrogen-bond donors (Lipinski definition) is 2. The minimum Gasteiger partial charge on any atom is -0.384 e. The molecule has 0 radical (unpaired) electrons. The number of methoxy groups -OCH3 is 1. The van der Waals surface area contributed by atoms with Crippen molar-refractivity contribution < 1.29 is 9.53 Å². The van der Waals surface area contributed by atoms with Crippen molar-refractivity contribution in [2.24, 2.45) is 5.41 Å². The van der Waals surface area contributed by atoms with Crippen LogP contribution in [0.25, 0.3) is 0 Å². The van der Waals surface area contributed by atoms with Crippen LogP contribution in [0, 0.1) is 12.3 Å². The lowest BCUT2D eigenvalue weighted by Gasteiger charge is -2.28. The maximum atomic E-state index is 12.6. The minimum atomic E-state index is -0.425. The number of aryl methyl sites for hydroxylation is 1. The molecule has 1 aromatic rings. The van der Waals surface area contributed by atoms with Crippen molar-refractivity contribution in [2.45, 2.75) is 26.3 Å². The van der Waals surface area contributed by atoms with E-state index in [0.717, 1.165) is 13.0 Å². The molecule has 4 heteroatoms. The van der Waals surface area contributed by atoms with Crippen LogP contribution in [-0.4, -0.2) is 32.7 Å². The van der Waals surface area contributed by atoms with Gasteiger partial charge in [0.05, 0.1) is 18.1 Å². The molecule has 2 unspecified atom stereocenters. The molecule has 1 saturated heterocycles. The Labute approximate surface area is 120 Å². The van der Waals surface area contributed by atoms with Crippen LogP contribution in [0.1, 0.15) is 30.5 Å². The largest absolute Gasteiger partial charge is 0.384 e. The summed E-state index contributed by atoms with van der Waals surface area (Å²) in [5.41, 5.74) is 1.94. The summed E-state index contributed by atoms with van der Waals surface area (Å²) in [6.45, 7) is 6.12. The molecule has 1 amide bonds. The molecule has 0 bridgehead atoms. The first-order valence-electron chi connectivity index (χ1n) is 7.15. The fraction of sp³-hybridized carbons (Fsp3) is 0.562. The molecule has 20 heavy (non-hydrogen) atoms. The Kier molecular flexibility index (Phi) is 4.78. The predicted molar refractivity (Wildman–Crippen MR) is 79.5 cm³/mol. The summed E-state index contributed by atoms with van der Waals surface area (Å²) >= 11 is 0. The fourth-order valence-corrected chi connectivity index (χ4v) is 2.90. The van der Waals surface area contributed by atoms with Crippen LogP contribution in [-0.2, 0) is 9.53 Å². The van der Waals surface area contributed by atoms with E-state index < -0.39 is 5.41 Å². The molecule has 2 N–H and O–H groups in total. The van der Waals surface area contributed by atoms with Crippen molar-refractivity contribution in [3.05, 3.63) is 35.4 Å². The van der Waals surface area contributed by atoms with E-state index in [4.69, 9.17) is 4.74 Å². The highest BCUT2D eigenvalue weighted by atomic mass is 16.5. The van der Waals surface area contributed by atoms with Gasteiger partial charge < -0.3 is 15.4 Å². The number of amides is 1. The molecule has 2 rings (SSSR count). The molecule has 0 spiro atoms. The molecule has 1 fully saturated rings. The van der Waals surface area contributed by atoms with Gasteiger partial charge in [-0.1, -0.05) is 24.3 Å². The summed E-state index contributed by atoms with van der Waals surface area (Å²) in [4.78, 5) is 12.6. The number of hydrogen-bond acceptors (Lipinski definition) is 3. The van der Waals surface area contributed by atoms with Crippen LogP contribution < -0.4 is 10.6 Å². The number of benzene rings is 1. The molecule has 110 valence electrons. The number of rotatable bonds is 5. The smallest absolute Gasteiger partial charge is 0.230 e. The fourth-order valence-electron chi connectivity index (χ4n) is 2.90. The topological polar surface area (TPSA) is 50.4 Å². The van der Waals surface area contributed by atoms with Gasteiger partial charge in [-0.2, -0.15) is 0 Å². The quantitative estimate of drug-likeness (QED) is 0.862. The molecular formula is C16H24N2O2. The van der Waals surface area contributed by atoms with Crippen molar-refractivity contribution in [2.75, 3.05) is 26.8 Å². The predicted octanol–water partition coefficient (Wildman–Crippen LogP) is 1.80. The third-order valence-electron chi connectivity index (χ3n) is 4.15. The molecule has 1 aliphatic rings. The summed E-state index contributed by atoms with van der Waals surface area (Å²) in [6, 6.07) is 8.17. The van der Waals surface area contributed by atoms with E-state index in [9.17, 15) is 4.79 Å². The average Bonchev–Trinajstić information content (AvgIpc) is 2.89. The van der Waals surface area contributed by atoms with E-state index in [-0.39, 0.29) is 11.9 Å². The molecular weight excluding hydrogens is 252 g/mol. The van der Waals surface area contributed by atoms with Crippen molar-refractivity contribution >= 4 is 5.91 Å². The zero-order valence-corrected chi connectivity index (χ0v) is 12.5. The highest BCUT2D eigenvalue weighted by molar-refractivity contribution is 5.84. The lowest BCUT2D eigenvalue weighted by atomic mass is 9.86. The lowest BCUT2D eigenvalue weighted by molar-refractivity contribution is -0.133. The van der Waals surface area contributed by atoms with Gasteiger partial charge in [0.2, 0.25) is 5.91 Å². The van der Waals surface area contributed by atoms with Gasteiger partial charge in [-0.25, -0.2) is 0 Å². The van der Waals surface area contributed by atoms with Gasteiger partial charge in [-0.05, 0) is 37.9 Å². The Hall–Kier alpha value is -1.39. The first-order chi connectivity index (χ1) is 9.59. The number of carbonyl (C=O) groups is 1. The Morgan fingerprint density at radius 3 is 2.85 bits per heavy atom. The highest BCUT2D eigenvalue weighted by Gasteiger charge is 2.41. The number of ether oxygens (including phenoxy) is 1. The Morgan fingerprint density at radius 2 is 2.25 bits per heavy atom. The van der Waals surface area contributed by atoms with E-state index in [0.29, 0.717) is 13.2 Å². The standard InChI is InChI=1S/C16H24N2O2/c1-12-6-4-5-7-14(12)13(2)18-15(19)16(11-20-3)8-9-17-10-16/h4-7,13,17H,8-11H2,1-3H3,(H,18,19). The number of carbonyl (C=O) groups excluding carboxylic acids is 1. The summed E-state index contributed by atoms with van der Waals surface area (Å²) in [6.07, 6.45) is 0.827. The molecule has 2 atom stereocenters. The van der Waals surface area contributed by atoms with Gasteiger partial charge in [0, 0.05) is 13.7 Å². The van der Waals surface area contributed by atoms with E-state index >= 15 is 0 Å². The average molecular weight is 276 g/mol. The van der Waals surface area contributed by atoms with Gasteiger partial charge in [0.15, 0.2) is 0 Å². The maximum absolute atomic E-state index is 12.6. The van der Waals surface area contributed by atoms with Crippen molar-refractivity contribution in [3.63, 3.8) is 0 Å². The van der Waals surface area contributed by atoms with E-state index in [1.165, 1.54) is 11.1 Å². The van der Waals surface area contributed by atoms with Crippen molar-refractivity contribution in [1.29, 1.82) is 0 Å². The summed E-state index contributed by atoms with van der Waals surface area (Å²) < 4.78 is 5.26. The SMILES string of the molecule is COCC1(C(=O)NC(C)c2ccccc2C)CCNC1.